The minimum absolute atomic E-state index is 0.195. The van der Waals surface area contributed by atoms with Crippen molar-refractivity contribution >= 4 is 11.9 Å². The van der Waals surface area contributed by atoms with E-state index in [4.69, 9.17) is 5.11 Å². The van der Waals surface area contributed by atoms with Crippen LogP contribution in [0.3, 0.4) is 0 Å². The fraction of sp³-hybridized carbons (Fsp3) is 0.200. The fourth-order valence-electron chi connectivity index (χ4n) is 1.86. The van der Waals surface area contributed by atoms with Crippen LogP contribution < -0.4 is 10.9 Å². The Labute approximate surface area is 130 Å². The molecule has 1 amide bonds. The van der Waals surface area contributed by atoms with Gasteiger partial charge in [0, 0.05) is 11.6 Å². The lowest BCUT2D eigenvalue weighted by atomic mass is 10.1. The first-order valence-corrected chi connectivity index (χ1v) is 6.73. The maximum Gasteiger partial charge on any atom is 0.325 e. The predicted octanol–water partition coefficient (Wildman–Crippen LogP) is 0.639. The molecule has 0 saturated heterocycles. The summed E-state index contributed by atoms with van der Waals surface area (Å²) in [6.45, 7) is 0.838. The normalized spacial score (nSPS) is 11.7. The number of hydrogen-bond acceptors (Lipinski definition) is 4. The lowest BCUT2D eigenvalue weighted by molar-refractivity contribution is -0.141. The van der Waals surface area contributed by atoms with Crippen molar-refractivity contribution in [2.45, 2.75) is 19.5 Å². The molecule has 0 spiro atoms. The number of carboxylic acids is 1. The molecule has 0 aliphatic heterocycles. The van der Waals surface area contributed by atoms with Gasteiger partial charge < -0.3 is 10.4 Å². The average molecular weight is 319 g/mol. The quantitative estimate of drug-likeness (QED) is 0.842. The van der Waals surface area contributed by atoms with E-state index in [1.165, 1.54) is 37.3 Å². The zero-order valence-electron chi connectivity index (χ0n) is 12.2. The van der Waals surface area contributed by atoms with Crippen molar-refractivity contribution in [2.24, 2.45) is 0 Å². The second-order valence-corrected chi connectivity index (χ2v) is 4.82. The fourth-order valence-corrected chi connectivity index (χ4v) is 1.86. The summed E-state index contributed by atoms with van der Waals surface area (Å²) in [6.07, 6.45) is 0. The molecule has 23 heavy (non-hydrogen) atoms. The van der Waals surface area contributed by atoms with Crippen LogP contribution in [0.2, 0.25) is 0 Å². The van der Waals surface area contributed by atoms with Crippen molar-refractivity contribution < 1.29 is 19.1 Å². The summed E-state index contributed by atoms with van der Waals surface area (Å²) in [7, 11) is 0. The van der Waals surface area contributed by atoms with Crippen molar-refractivity contribution in [1.82, 2.24) is 15.1 Å². The summed E-state index contributed by atoms with van der Waals surface area (Å²) < 4.78 is 14.6. The topological polar surface area (TPSA) is 101 Å². The molecular formula is C15H14FN3O4. The van der Waals surface area contributed by atoms with Crippen LogP contribution in [-0.4, -0.2) is 32.8 Å². The van der Waals surface area contributed by atoms with Gasteiger partial charge >= 0.3 is 5.97 Å². The van der Waals surface area contributed by atoms with Gasteiger partial charge in [0.15, 0.2) is 0 Å². The summed E-state index contributed by atoms with van der Waals surface area (Å²) in [6, 6.07) is 7.34. The molecule has 1 aromatic heterocycles. The first-order valence-electron chi connectivity index (χ1n) is 6.73. The molecule has 0 aliphatic carbocycles. The van der Waals surface area contributed by atoms with Crippen LogP contribution in [0.4, 0.5) is 4.39 Å². The summed E-state index contributed by atoms with van der Waals surface area (Å²) in [5.41, 5.74) is -0.162. The Morgan fingerprint density at radius 2 is 2.00 bits per heavy atom. The van der Waals surface area contributed by atoms with Gasteiger partial charge in [0.05, 0.1) is 5.69 Å². The molecule has 7 nitrogen and oxygen atoms in total. The summed E-state index contributed by atoms with van der Waals surface area (Å²) in [5.74, 6) is -2.38. The highest BCUT2D eigenvalue weighted by Crippen LogP contribution is 2.18. The SMILES string of the molecule is CC(NC(=O)Cn1nc(-c2ccccc2F)ccc1=O)C(=O)O. The molecule has 1 heterocycles. The highest BCUT2D eigenvalue weighted by atomic mass is 19.1. The zero-order chi connectivity index (χ0) is 17.0. The van der Waals surface area contributed by atoms with Gasteiger partial charge in [-0.3, -0.25) is 14.4 Å². The molecule has 0 radical (unpaired) electrons. The minimum atomic E-state index is -1.20. The van der Waals surface area contributed by atoms with Crippen LogP contribution in [-0.2, 0) is 16.1 Å². The Hall–Kier alpha value is -3.03. The highest BCUT2D eigenvalue weighted by molar-refractivity contribution is 5.83. The molecular weight excluding hydrogens is 305 g/mol. The first kappa shape index (κ1) is 16.3. The van der Waals surface area contributed by atoms with Gasteiger partial charge in [0.2, 0.25) is 5.91 Å². The highest BCUT2D eigenvalue weighted by Gasteiger charge is 2.15. The van der Waals surface area contributed by atoms with Crippen LogP contribution in [0, 0.1) is 5.82 Å². The van der Waals surface area contributed by atoms with Gasteiger partial charge in [-0.2, -0.15) is 5.10 Å². The van der Waals surface area contributed by atoms with Crippen molar-refractivity contribution in [2.75, 3.05) is 0 Å². The first-order chi connectivity index (χ1) is 10.9. The van der Waals surface area contributed by atoms with E-state index < -0.39 is 35.8 Å². The van der Waals surface area contributed by atoms with E-state index in [0.29, 0.717) is 0 Å². The maximum absolute atomic E-state index is 13.8. The number of hydrogen-bond donors (Lipinski definition) is 2. The lowest BCUT2D eigenvalue weighted by Gasteiger charge is -2.11. The van der Waals surface area contributed by atoms with Crippen molar-refractivity contribution in [3.05, 3.63) is 52.6 Å². The van der Waals surface area contributed by atoms with Gasteiger partial charge in [-0.15, -0.1) is 0 Å². The van der Waals surface area contributed by atoms with E-state index in [1.54, 1.807) is 6.07 Å². The molecule has 1 atom stereocenters. The largest absolute Gasteiger partial charge is 0.480 e. The van der Waals surface area contributed by atoms with E-state index in [2.05, 4.69) is 10.4 Å². The minimum Gasteiger partial charge on any atom is -0.480 e. The number of aliphatic carboxylic acids is 1. The van der Waals surface area contributed by atoms with E-state index >= 15 is 0 Å². The summed E-state index contributed by atoms with van der Waals surface area (Å²) in [5, 5.41) is 14.9. The third-order valence-corrected chi connectivity index (χ3v) is 3.06. The second-order valence-electron chi connectivity index (χ2n) is 4.82. The van der Waals surface area contributed by atoms with Crippen LogP contribution >= 0.6 is 0 Å². The molecule has 8 heteroatoms. The Morgan fingerprint density at radius 3 is 2.65 bits per heavy atom. The van der Waals surface area contributed by atoms with Crippen LogP contribution in [0.25, 0.3) is 11.3 Å². The van der Waals surface area contributed by atoms with Gasteiger partial charge in [0.1, 0.15) is 18.4 Å². The number of benzene rings is 1. The Kier molecular flexibility index (Phi) is 4.85. The van der Waals surface area contributed by atoms with Crippen molar-refractivity contribution in [3.8, 4) is 11.3 Å². The number of carbonyl (C=O) groups is 2. The standard InChI is InChI=1S/C15H14FN3O4/c1-9(15(22)23)17-13(20)8-19-14(21)7-6-12(18-19)10-4-2-3-5-11(10)16/h2-7,9H,8H2,1H3,(H,17,20)(H,22,23). The molecule has 120 valence electrons. The molecule has 2 aromatic rings. The Bertz CT molecular complexity index is 803. The molecule has 0 fully saturated rings. The Morgan fingerprint density at radius 1 is 1.30 bits per heavy atom. The van der Waals surface area contributed by atoms with Crippen LogP contribution in [0.15, 0.2) is 41.2 Å². The van der Waals surface area contributed by atoms with Crippen molar-refractivity contribution in [1.29, 1.82) is 0 Å². The summed E-state index contributed by atoms with van der Waals surface area (Å²) >= 11 is 0. The molecule has 1 unspecified atom stereocenters. The lowest BCUT2D eigenvalue weighted by Crippen LogP contribution is -2.41. The third-order valence-electron chi connectivity index (χ3n) is 3.06. The second kappa shape index (κ2) is 6.82. The number of halogens is 1. The van der Waals surface area contributed by atoms with E-state index in [1.807, 2.05) is 0 Å². The third kappa shape index (κ3) is 4.00. The summed E-state index contributed by atoms with van der Waals surface area (Å²) in [4.78, 5) is 34.2. The number of carboxylic acid groups (broad SMARTS) is 1. The predicted molar refractivity (Wildman–Crippen MR) is 79.1 cm³/mol. The number of amides is 1. The van der Waals surface area contributed by atoms with Gasteiger partial charge in [0.25, 0.3) is 5.56 Å². The zero-order valence-corrected chi connectivity index (χ0v) is 12.2. The smallest absolute Gasteiger partial charge is 0.325 e. The average Bonchev–Trinajstić information content (AvgIpc) is 2.50. The van der Waals surface area contributed by atoms with Crippen LogP contribution in [0.1, 0.15) is 6.92 Å². The number of carbonyl (C=O) groups excluding carboxylic acids is 1. The molecule has 2 rings (SSSR count). The number of nitrogens with zero attached hydrogens (tertiary/aromatic N) is 2. The molecule has 0 saturated carbocycles. The van der Waals surface area contributed by atoms with Crippen LogP contribution in [0.5, 0.6) is 0 Å². The van der Waals surface area contributed by atoms with E-state index in [0.717, 1.165) is 4.68 Å². The monoisotopic (exact) mass is 319 g/mol. The van der Waals surface area contributed by atoms with Gasteiger partial charge in [-0.25, -0.2) is 9.07 Å². The van der Waals surface area contributed by atoms with Crippen molar-refractivity contribution in [3.63, 3.8) is 0 Å². The van der Waals surface area contributed by atoms with E-state index in [-0.39, 0.29) is 11.3 Å². The molecule has 0 aliphatic rings. The Balaban J connectivity index is 2.25. The molecule has 2 N–H and O–H groups in total. The van der Waals surface area contributed by atoms with Gasteiger partial charge in [-0.1, -0.05) is 12.1 Å². The molecule has 1 aromatic carbocycles. The van der Waals surface area contributed by atoms with Gasteiger partial charge in [-0.05, 0) is 25.1 Å². The van der Waals surface area contributed by atoms with E-state index in [9.17, 15) is 18.8 Å². The number of nitrogens with one attached hydrogen (secondary N) is 1. The number of rotatable bonds is 5. The number of aromatic nitrogens is 2. The maximum atomic E-state index is 13.8. The molecule has 0 bridgehead atoms.